The van der Waals surface area contributed by atoms with Crippen molar-refractivity contribution in [3.8, 4) is 23.0 Å². The number of hydrogen-bond acceptors (Lipinski definition) is 8. The maximum atomic E-state index is 5.82. The van der Waals surface area contributed by atoms with Crippen molar-refractivity contribution in [1.82, 2.24) is 0 Å². The molecule has 0 bridgehead atoms. The van der Waals surface area contributed by atoms with Gasteiger partial charge in [-0.25, -0.2) is 0 Å². The first kappa shape index (κ1) is 30.9. The molecule has 0 aliphatic carbocycles. The summed E-state index contributed by atoms with van der Waals surface area (Å²) < 4.78 is 22.6. The summed E-state index contributed by atoms with van der Waals surface area (Å²) in [6.45, 7) is 0. The number of anilines is 2. The second-order valence-electron chi connectivity index (χ2n) is 11.7. The zero-order valence-electron chi connectivity index (χ0n) is 27.5. The van der Waals surface area contributed by atoms with Crippen LogP contribution in [0.2, 0.25) is 0 Å². The number of hydrogen-bond donors (Lipinski definition) is 0. The van der Waals surface area contributed by atoms with E-state index >= 15 is 0 Å². The van der Waals surface area contributed by atoms with Gasteiger partial charge in [0.15, 0.2) is 0 Å². The topological polar surface area (TPSA) is 68.1 Å². The Morgan fingerprint density at radius 3 is 1.23 bits per heavy atom. The number of para-hydroxylation sites is 2. The normalized spacial score (nSPS) is 17.2. The van der Waals surface area contributed by atoms with Crippen LogP contribution in [0.5, 0.6) is 23.0 Å². The van der Waals surface area contributed by atoms with Crippen molar-refractivity contribution in [1.29, 1.82) is 0 Å². The van der Waals surface area contributed by atoms with E-state index in [9.17, 15) is 0 Å². The van der Waals surface area contributed by atoms with Crippen molar-refractivity contribution >= 4 is 22.8 Å². The fraction of sp³-hybridized carbons (Fsp3) is 0.200. The first-order valence-corrected chi connectivity index (χ1v) is 16.0. The number of rotatable bonds is 10. The van der Waals surface area contributed by atoms with Crippen LogP contribution < -0.4 is 29.0 Å². The van der Waals surface area contributed by atoms with Crippen LogP contribution in [-0.4, -0.2) is 39.9 Å². The lowest BCUT2D eigenvalue weighted by atomic mass is 9.94. The standard InChI is InChI=1S/C40H38N4O4/c1-45-31-19-21-33(39(23-31)47-3)37-25-35(41-43(37)29-11-7-5-8-12-29)27-15-17-28(18-16-27)36-26-38(44(42-36)30-13-9-6-10-14-30)34-22-20-32(46-2)24-40(34)48-4/h5-24,37-38H,25-26H2,1-4H3/t37-,38-/m1/s1. The molecule has 2 aliphatic rings. The Labute approximate surface area is 281 Å². The van der Waals surface area contributed by atoms with Crippen LogP contribution in [0.3, 0.4) is 0 Å². The highest BCUT2D eigenvalue weighted by Crippen LogP contribution is 2.43. The highest BCUT2D eigenvalue weighted by molar-refractivity contribution is 6.06. The molecule has 0 spiro atoms. The molecular formula is C40H38N4O4. The molecule has 8 nitrogen and oxygen atoms in total. The minimum absolute atomic E-state index is 0.0400. The molecule has 5 aromatic carbocycles. The van der Waals surface area contributed by atoms with Gasteiger partial charge in [-0.3, -0.25) is 10.0 Å². The lowest BCUT2D eigenvalue weighted by molar-refractivity contribution is 0.388. The molecule has 0 radical (unpaired) electrons. The SMILES string of the molecule is COc1ccc([C@H]2CC(c3ccc(C4=NN(c5ccccc5)[C@@H](c5ccc(OC)cc5OC)C4)cc3)=NN2c2ccccc2)c(OC)c1. The van der Waals surface area contributed by atoms with Gasteiger partial charge < -0.3 is 18.9 Å². The van der Waals surface area contributed by atoms with Gasteiger partial charge in [0.1, 0.15) is 23.0 Å². The Hall–Kier alpha value is -5.76. The quantitative estimate of drug-likeness (QED) is 0.153. The summed E-state index contributed by atoms with van der Waals surface area (Å²) in [6, 6.07) is 41.0. The Morgan fingerprint density at radius 1 is 0.479 bits per heavy atom. The largest absolute Gasteiger partial charge is 0.497 e. The van der Waals surface area contributed by atoms with Gasteiger partial charge in [-0.1, -0.05) is 60.7 Å². The molecule has 0 unspecified atom stereocenters. The predicted molar refractivity (Wildman–Crippen MR) is 191 cm³/mol. The molecule has 2 atom stereocenters. The highest BCUT2D eigenvalue weighted by atomic mass is 16.5. The summed E-state index contributed by atoms with van der Waals surface area (Å²) in [6.07, 6.45) is 1.44. The number of hydrazone groups is 2. The lowest BCUT2D eigenvalue weighted by Crippen LogP contribution is -2.19. The maximum Gasteiger partial charge on any atom is 0.127 e. The Kier molecular flexibility index (Phi) is 8.71. The van der Waals surface area contributed by atoms with E-state index in [1.807, 2.05) is 60.7 Å². The Morgan fingerprint density at radius 2 is 0.875 bits per heavy atom. The van der Waals surface area contributed by atoms with Crippen LogP contribution in [0.4, 0.5) is 11.4 Å². The van der Waals surface area contributed by atoms with Gasteiger partial charge in [0.05, 0.1) is 63.3 Å². The van der Waals surface area contributed by atoms with Gasteiger partial charge in [0, 0.05) is 36.1 Å². The summed E-state index contributed by atoms with van der Waals surface area (Å²) in [4.78, 5) is 0. The van der Waals surface area contributed by atoms with Crippen LogP contribution in [0, 0.1) is 0 Å². The zero-order valence-corrected chi connectivity index (χ0v) is 27.5. The summed E-state index contributed by atoms with van der Waals surface area (Å²) in [5.74, 6) is 3.06. The van der Waals surface area contributed by atoms with E-state index in [2.05, 4.69) is 70.7 Å². The molecule has 0 amide bonds. The molecule has 0 saturated heterocycles. The third-order valence-corrected chi connectivity index (χ3v) is 9.01. The van der Waals surface area contributed by atoms with Crippen LogP contribution in [0.1, 0.15) is 47.2 Å². The lowest BCUT2D eigenvalue weighted by Gasteiger charge is -2.25. The van der Waals surface area contributed by atoms with Crippen molar-refractivity contribution in [3.05, 3.63) is 144 Å². The van der Waals surface area contributed by atoms with Gasteiger partial charge in [0.2, 0.25) is 0 Å². The Bertz CT molecular complexity index is 1800. The first-order valence-electron chi connectivity index (χ1n) is 16.0. The minimum atomic E-state index is -0.0400. The smallest absolute Gasteiger partial charge is 0.127 e. The van der Waals surface area contributed by atoms with E-state index in [1.165, 1.54) is 0 Å². The molecule has 5 aromatic rings. The van der Waals surface area contributed by atoms with Gasteiger partial charge in [0.25, 0.3) is 0 Å². The second-order valence-corrected chi connectivity index (χ2v) is 11.7. The number of nitrogens with zero attached hydrogens (tertiary/aromatic N) is 4. The van der Waals surface area contributed by atoms with Gasteiger partial charge in [-0.15, -0.1) is 0 Å². The van der Waals surface area contributed by atoms with E-state index in [1.54, 1.807) is 28.4 Å². The third kappa shape index (κ3) is 5.93. The van der Waals surface area contributed by atoms with Gasteiger partial charge >= 0.3 is 0 Å². The van der Waals surface area contributed by atoms with Crippen molar-refractivity contribution in [2.24, 2.45) is 10.2 Å². The minimum Gasteiger partial charge on any atom is -0.497 e. The molecule has 0 N–H and O–H groups in total. The summed E-state index contributed by atoms with van der Waals surface area (Å²) in [5.41, 5.74) is 8.31. The average molecular weight is 639 g/mol. The van der Waals surface area contributed by atoms with Crippen LogP contribution in [0.25, 0.3) is 0 Å². The molecule has 0 fully saturated rings. The zero-order chi connectivity index (χ0) is 33.0. The van der Waals surface area contributed by atoms with Gasteiger partial charge in [-0.05, 0) is 59.7 Å². The third-order valence-electron chi connectivity index (χ3n) is 9.01. The molecule has 2 aliphatic heterocycles. The maximum absolute atomic E-state index is 5.82. The van der Waals surface area contributed by atoms with Crippen LogP contribution >= 0.6 is 0 Å². The van der Waals surface area contributed by atoms with E-state index in [0.29, 0.717) is 0 Å². The summed E-state index contributed by atoms with van der Waals surface area (Å²) in [5, 5.41) is 14.5. The first-order chi connectivity index (χ1) is 23.6. The van der Waals surface area contributed by atoms with E-state index < -0.39 is 0 Å². The van der Waals surface area contributed by atoms with E-state index in [4.69, 9.17) is 29.2 Å². The fourth-order valence-corrected chi connectivity index (χ4v) is 6.53. The van der Waals surface area contributed by atoms with E-state index in [0.717, 1.165) is 80.9 Å². The number of benzene rings is 5. The molecular weight excluding hydrogens is 600 g/mol. The fourth-order valence-electron chi connectivity index (χ4n) is 6.53. The monoisotopic (exact) mass is 638 g/mol. The molecule has 0 aromatic heterocycles. The molecule has 2 heterocycles. The van der Waals surface area contributed by atoms with Crippen molar-refractivity contribution < 1.29 is 18.9 Å². The average Bonchev–Trinajstić information content (AvgIpc) is 3.81. The van der Waals surface area contributed by atoms with Crippen molar-refractivity contribution in [3.63, 3.8) is 0 Å². The highest BCUT2D eigenvalue weighted by Gasteiger charge is 2.34. The summed E-state index contributed by atoms with van der Waals surface area (Å²) in [7, 11) is 6.72. The predicted octanol–water partition coefficient (Wildman–Crippen LogP) is 8.43. The van der Waals surface area contributed by atoms with Crippen LogP contribution in [-0.2, 0) is 0 Å². The van der Waals surface area contributed by atoms with Gasteiger partial charge in [-0.2, -0.15) is 10.2 Å². The second kappa shape index (κ2) is 13.5. The molecule has 8 heteroatoms. The van der Waals surface area contributed by atoms with Crippen molar-refractivity contribution in [2.75, 3.05) is 38.5 Å². The molecule has 7 rings (SSSR count). The van der Waals surface area contributed by atoms with E-state index in [-0.39, 0.29) is 12.1 Å². The van der Waals surface area contributed by atoms with Crippen molar-refractivity contribution in [2.45, 2.75) is 24.9 Å². The Balaban J connectivity index is 1.20. The number of methoxy groups -OCH3 is 4. The molecule has 0 saturated carbocycles. The van der Waals surface area contributed by atoms with Crippen LogP contribution in [0.15, 0.2) is 132 Å². The summed E-state index contributed by atoms with van der Waals surface area (Å²) >= 11 is 0. The molecule has 242 valence electrons. The molecule has 48 heavy (non-hydrogen) atoms. The number of ether oxygens (including phenoxy) is 4.